The molecule has 1 aromatic carbocycles. The zero-order chi connectivity index (χ0) is 15.2. The highest BCUT2D eigenvalue weighted by atomic mass is 16.5. The quantitative estimate of drug-likeness (QED) is 0.365. The molecule has 0 aromatic heterocycles. The molecule has 5 nitrogen and oxygen atoms in total. The van der Waals surface area contributed by atoms with Crippen molar-refractivity contribution >= 4 is 5.91 Å². The van der Waals surface area contributed by atoms with Crippen molar-refractivity contribution in [3.8, 4) is 5.75 Å². The van der Waals surface area contributed by atoms with Gasteiger partial charge in [0, 0.05) is 6.08 Å². The Labute approximate surface area is 118 Å². The fraction of sp³-hybridized carbons (Fsp3) is 0.400. The maximum absolute atomic E-state index is 10.8. The molecule has 5 heteroatoms. The SMILES string of the molecule is CC(C)(CC/C=C/C(=O)NO)[C@@H](O)c1ccc(O)cc1. The zero-order valence-electron chi connectivity index (χ0n) is 11.7. The third-order valence-corrected chi connectivity index (χ3v) is 3.28. The summed E-state index contributed by atoms with van der Waals surface area (Å²) in [6, 6.07) is 6.47. The molecule has 1 atom stereocenters. The van der Waals surface area contributed by atoms with E-state index in [1.165, 1.54) is 11.6 Å². The number of nitrogens with one attached hydrogen (secondary N) is 1. The van der Waals surface area contributed by atoms with E-state index in [0.717, 1.165) is 5.56 Å². The first-order chi connectivity index (χ1) is 9.36. The number of aliphatic hydroxyl groups is 1. The third-order valence-electron chi connectivity index (χ3n) is 3.28. The normalized spacial score (nSPS) is 13.4. The Balaban J connectivity index is 2.61. The molecule has 110 valence electrons. The molecule has 0 saturated carbocycles. The van der Waals surface area contributed by atoms with Crippen molar-refractivity contribution in [2.75, 3.05) is 0 Å². The Morgan fingerprint density at radius 2 is 1.95 bits per heavy atom. The van der Waals surface area contributed by atoms with E-state index in [1.54, 1.807) is 30.3 Å². The number of aromatic hydroxyl groups is 1. The number of carbonyl (C=O) groups excluding carboxylic acids is 1. The number of hydrogen-bond donors (Lipinski definition) is 4. The van der Waals surface area contributed by atoms with E-state index in [0.29, 0.717) is 12.8 Å². The van der Waals surface area contributed by atoms with Gasteiger partial charge < -0.3 is 10.2 Å². The van der Waals surface area contributed by atoms with E-state index in [1.807, 2.05) is 13.8 Å². The molecule has 20 heavy (non-hydrogen) atoms. The first-order valence-corrected chi connectivity index (χ1v) is 6.44. The van der Waals surface area contributed by atoms with Crippen molar-refractivity contribution in [3.63, 3.8) is 0 Å². The van der Waals surface area contributed by atoms with Crippen LogP contribution in [0.1, 0.15) is 38.4 Å². The number of rotatable bonds is 6. The number of carbonyl (C=O) groups is 1. The Hall–Kier alpha value is -1.85. The van der Waals surface area contributed by atoms with Crippen LogP contribution in [0.4, 0.5) is 0 Å². The molecule has 0 aliphatic rings. The van der Waals surface area contributed by atoms with E-state index in [4.69, 9.17) is 5.21 Å². The topological polar surface area (TPSA) is 89.8 Å². The van der Waals surface area contributed by atoms with Crippen LogP contribution in [-0.2, 0) is 4.79 Å². The molecule has 0 aliphatic heterocycles. The van der Waals surface area contributed by atoms with Crippen LogP contribution < -0.4 is 5.48 Å². The molecule has 4 N–H and O–H groups in total. The monoisotopic (exact) mass is 279 g/mol. The molecule has 0 radical (unpaired) electrons. The first-order valence-electron chi connectivity index (χ1n) is 6.44. The van der Waals surface area contributed by atoms with Crippen molar-refractivity contribution in [3.05, 3.63) is 42.0 Å². The van der Waals surface area contributed by atoms with Gasteiger partial charge in [0.25, 0.3) is 5.91 Å². The Kier molecular flexibility index (Phi) is 5.73. The molecule has 0 heterocycles. The predicted molar refractivity (Wildman–Crippen MR) is 75.2 cm³/mol. The lowest BCUT2D eigenvalue weighted by atomic mass is 9.79. The summed E-state index contributed by atoms with van der Waals surface area (Å²) in [4.78, 5) is 10.8. The first kappa shape index (κ1) is 16.2. The number of hydroxylamine groups is 1. The molecule has 0 bridgehead atoms. The largest absolute Gasteiger partial charge is 0.508 e. The fourth-order valence-electron chi connectivity index (χ4n) is 1.93. The number of phenols is 1. The lowest BCUT2D eigenvalue weighted by Gasteiger charge is -2.30. The summed E-state index contributed by atoms with van der Waals surface area (Å²) in [6.07, 6.45) is 3.52. The fourth-order valence-corrected chi connectivity index (χ4v) is 1.93. The van der Waals surface area contributed by atoms with Crippen molar-refractivity contribution in [1.29, 1.82) is 0 Å². The highest BCUT2D eigenvalue weighted by Gasteiger charge is 2.28. The molecule has 1 rings (SSSR count). The van der Waals surface area contributed by atoms with Crippen LogP contribution in [0.3, 0.4) is 0 Å². The van der Waals surface area contributed by atoms with Gasteiger partial charge in [0.2, 0.25) is 0 Å². The van der Waals surface area contributed by atoms with Gasteiger partial charge in [0.1, 0.15) is 5.75 Å². The highest BCUT2D eigenvalue weighted by Crippen LogP contribution is 2.37. The summed E-state index contributed by atoms with van der Waals surface area (Å²) in [5.74, 6) is -0.404. The van der Waals surface area contributed by atoms with E-state index in [2.05, 4.69) is 0 Å². The summed E-state index contributed by atoms with van der Waals surface area (Å²) in [5, 5.41) is 28.0. The number of amides is 1. The molecular weight excluding hydrogens is 258 g/mol. The van der Waals surface area contributed by atoms with Crippen molar-refractivity contribution in [1.82, 2.24) is 5.48 Å². The van der Waals surface area contributed by atoms with Gasteiger partial charge in [0.05, 0.1) is 6.10 Å². The predicted octanol–water partition coefficient (Wildman–Crippen LogP) is 2.29. The molecule has 0 unspecified atom stereocenters. The summed E-state index contributed by atoms with van der Waals surface area (Å²) in [5.41, 5.74) is 1.88. The van der Waals surface area contributed by atoms with Crippen molar-refractivity contribution in [2.24, 2.45) is 5.41 Å². The molecule has 1 aromatic rings. The van der Waals surface area contributed by atoms with Crippen LogP contribution in [0.2, 0.25) is 0 Å². The second-order valence-electron chi connectivity index (χ2n) is 5.40. The number of allylic oxidation sites excluding steroid dienone is 1. The summed E-state index contributed by atoms with van der Waals surface area (Å²) < 4.78 is 0. The van der Waals surface area contributed by atoms with E-state index < -0.39 is 12.0 Å². The second kappa shape index (κ2) is 7.07. The molecule has 1 amide bonds. The minimum atomic E-state index is -0.664. The van der Waals surface area contributed by atoms with Gasteiger partial charge in [-0.3, -0.25) is 10.0 Å². The average molecular weight is 279 g/mol. The van der Waals surface area contributed by atoms with Gasteiger partial charge >= 0.3 is 0 Å². The van der Waals surface area contributed by atoms with Gasteiger partial charge in [0.15, 0.2) is 0 Å². The smallest absolute Gasteiger partial charge is 0.267 e. The lowest BCUT2D eigenvalue weighted by Crippen LogP contribution is -2.22. The molecule has 0 fully saturated rings. The molecular formula is C15H21NO4. The van der Waals surface area contributed by atoms with Gasteiger partial charge in [-0.05, 0) is 36.0 Å². The third kappa shape index (κ3) is 4.68. The van der Waals surface area contributed by atoms with Crippen LogP contribution in [0, 0.1) is 5.41 Å². The van der Waals surface area contributed by atoms with Crippen LogP contribution >= 0.6 is 0 Å². The second-order valence-corrected chi connectivity index (χ2v) is 5.40. The Bertz CT molecular complexity index is 465. The van der Waals surface area contributed by atoms with E-state index in [-0.39, 0.29) is 11.2 Å². The maximum atomic E-state index is 10.8. The average Bonchev–Trinajstić information content (AvgIpc) is 2.43. The van der Waals surface area contributed by atoms with Crippen LogP contribution in [0.5, 0.6) is 5.75 Å². The standard InChI is InChI=1S/C15H21NO4/c1-15(2,10-4-3-5-13(18)16-20)14(19)11-6-8-12(17)9-7-11/h3,5-9,14,17,19-20H,4,10H2,1-2H3,(H,16,18)/b5-3+/t14-/m0/s1. The Morgan fingerprint density at radius 3 is 2.50 bits per heavy atom. The highest BCUT2D eigenvalue weighted by molar-refractivity contribution is 5.86. The van der Waals surface area contributed by atoms with E-state index in [9.17, 15) is 15.0 Å². The summed E-state index contributed by atoms with van der Waals surface area (Å²) in [6.45, 7) is 3.87. The number of phenolic OH excluding ortho intramolecular Hbond substituents is 1. The van der Waals surface area contributed by atoms with Gasteiger partial charge in [-0.25, -0.2) is 5.48 Å². The van der Waals surface area contributed by atoms with Gasteiger partial charge in [-0.15, -0.1) is 0 Å². The van der Waals surface area contributed by atoms with Crippen molar-refractivity contribution < 1.29 is 20.2 Å². The van der Waals surface area contributed by atoms with Gasteiger partial charge in [-0.2, -0.15) is 0 Å². The molecule has 0 aliphatic carbocycles. The molecule has 0 spiro atoms. The van der Waals surface area contributed by atoms with Crippen molar-refractivity contribution in [2.45, 2.75) is 32.8 Å². The van der Waals surface area contributed by atoms with Crippen LogP contribution in [0.25, 0.3) is 0 Å². The number of benzene rings is 1. The minimum absolute atomic E-state index is 0.164. The van der Waals surface area contributed by atoms with Gasteiger partial charge in [-0.1, -0.05) is 32.1 Å². The number of aliphatic hydroxyl groups excluding tert-OH is 1. The summed E-state index contributed by atoms with van der Waals surface area (Å²) >= 11 is 0. The lowest BCUT2D eigenvalue weighted by molar-refractivity contribution is -0.124. The molecule has 0 saturated heterocycles. The van der Waals surface area contributed by atoms with Crippen LogP contribution in [0.15, 0.2) is 36.4 Å². The maximum Gasteiger partial charge on any atom is 0.267 e. The van der Waals surface area contributed by atoms with Crippen LogP contribution in [-0.4, -0.2) is 21.3 Å². The Morgan fingerprint density at radius 1 is 1.35 bits per heavy atom. The minimum Gasteiger partial charge on any atom is -0.508 e. The van der Waals surface area contributed by atoms with E-state index >= 15 is 0 Å². The zero-order valence-corrected chi connectivity index (χ0v) is 11.7. The summed E-state index contributed by atoms with van der Waals surface area (Å²) in [7, 11) is 0. The number of hydrogen-bond acceptors (Lipinski definition) is 4.